The molecule has 1 heterocycles. The Kier molecular flexibility index (Phi) is 5.37. The number of nitrogens with one attached hydrogen (secondary N) is 2. The summed E-state index contributed by atoms with van der Waals surface area (Å²) in [4.78, 5) is 4.60. The molecule has 0 radical (unpaired) electrons. The van der Waals surface area contributed by atoms with Crippen molar-refractivity contribution in [3.05, 3.63) is 24.3 Å². The zero-order valence-electron chi connectivity index (χ0n) is 15.1. The van der Waals surface area contributed by atoms with Gasteiger partial charge in [-0.15, -0.1) is 0 Å². The molecule has 2 N–H and O–H groups in total. The van der Waals surface area contributed by atoms with Crippen LogP contribution in [-0.2, 0) is 10.0 Å². The monoisotopic (exact) mass is 381 g/mol. The van der Waals surface area contributed by atoms with Crippen LogP contribution in [0.1, 0.15) is 46.5 Å². The van der Waals surface area contributed by atoms with Crippen LogP contribution >= 0.6 is 11.3 Å². The fourth-order valence-electron chi connectivity index (χ4n) is 3.06. The number of hydrogen-bond acceptors (Lipinski definition) is 5. The van der Waals surface area contributed by atoms with E-state index in [1.54, 1.807) is 32.1 Å². The van der Waals surface area contributed by atoms with E-state index >= 15 is 0 Å². The molecule has 1 saturated carbocycles. The van der Waals surface area contributed by atoms with Crippen LogP contribution < -0.4 is 10.0 Å². The Morgan fingerprint density at radius 3 is 2.48 bits per heavy atom. The van der Waals surface area contributed by atoms with Gasteiger partial charge in [-0.25, -0.2) is 18.1 Å². The van der Waals surface area contributed by atoms with E-state index in [1.807, 2.05) is 18.2 Å². The molecule has 5 nitrogen and oxygen atoms in total. The van der Waals surface area contributed by atoms with E-state index in [2.05, 4.69) is 21.1 Å². The van der Waals surface area contributed by atoms with Crippen molar-refractivity contribution in [2.45, 2.75) is 57.2 Å². The maximum absolute atomic E-state index is 12.3. The highest BCUT2D eigenvalue weighted by molar-refractivity contribution is 7.90. The molecule has 2 aromatic rings. The van der Waals surface area contributed by atoms with Gasteiger partial charge in [-0.05, 0) is 64.5 Å². The number of benzene rings is 1. The highest BCUT2D eigenvalue weighted by Crippen LogP contribution is 2.29. The number of aromatic nitrogens is 1. The lowest BCUT2D eigenvalue weighted by Crippen LogP contribution is -2.46. The molecule has 1 fully saturated rings. The molecule has 0 spiro atoms. The van der Waals surface area contributed by atoms with E-state index in [4.69, 9.17) is 0 Å². The Bertz CT molecular complexity index is 783. The molecule has 0 saturated heterocycles. The standard InChI is InChI=1S/C18H27N3O2S2/c1-18(2,3)25(22,23)21-14-10-8-13(9-11-14)12-19-17-20-15-6-4-5-7-16(15)24-17/h4-7,13-14,21H,8-12H2,1-3H3,(H,19,20). The molecule has 1 aliphatic carbocycles. The second kappa shape index (κ2) is 7.21. The molecule has 3 rings (SSSR count). The normalized spacial score (nSPS) is 22.2. The first kappa shape index (κ1) is 18.6. The fourth-order valence-corrected chi connectivity index (χ4v) is 4.96. The second-order valence-electron chi connectivity index (χ2n) is 7.82. The van der Waals surface area contributed by atoms with Gasteiger partial charge in [0.2, 0.25) is 10.0 Å². The molecule has 0 unspecified atom stereocenters. The molecule has 1 aromatic carbocycles. The Labute approximate surface area is 154 Å². The van der Waals surface area contributed by atoms with Crippen molar-refractivity contribution in [1.82, 2.24) is 9.71 Å². The Hall–Kier alpha value is -1.18. The first-order valence-electron chi connectivity index (χ1n) is 8.86. The lowest BCUT2D eigenvalue weighted by atomic mass is 9.86. The molecule has 138 valence electrons. The SMILES string of the molecule is CC(C)(C)S(=O)(=O)NC1CCC(CNc2nc3ccccc3s2)CC1. The summed E-state index contributed by atoms with van der Waals surface area (Å²) in [6.07, 6.45) is 3.88. The molecule has 7 heteroatoms. The summed E-state index contributed by atoms with van der Waals surface area (Å²) in [5.74, 6) is 0.572. The summed E-state index contributed by atoms with van der Waals surface area (Å²) in [5.41, 5.74) is 1.04. The predicted octanol–water partition coefficient (Wildman–Crippen LogP) is 3.98. The Morgan fingerprint density at radius 1 is 1.16 bits per heavy atom. The van der Waals surface area contributed by atoms with Crippen molar-refractivity contribution >= 4 is 36.7 Å². The van der Waals surface area contributed by atoms with E-state index in [0.717, 1.165) is 42.9 Å². The quantitative estimate of drug-likeness (QED) is 0.822. The third-order valence-corrected chi connectivity index (χ3v) is 8.06. The number of hydrogen-bond donors (Lipinski definition) is 2. The summed E-state index contributed by atoms with van der Waals surface area (Å²) in [5, 5.41) is 4.43. The van der Waals surface area contributed by atoms with Crippen molar-refractivity contribution in [2.75, 3.05) is 11.9 Å². The maximum Gasteiger partial charge on any atom is 0.216 e. The zero-order valence-corrected chi connectivity index (χ0v) is 16.7. The second-order valence-corrected chi connectivity index (χ2v) is 11.3. The van der Waals surface area contributed by atoms with Gasteiger partial charge in [-0.1, -0.05) is 23.5 Å². The van der Waals surface area contributed by atoms with Crippen LogP contribution in [0, 0.1) is 5.92 Å². The Morgan fingerprint density at radius 2 is 1.84 bits per heavy atom. The topological polar surface area (TPSA) is 71.1 Å². The van der Waals surface area contributed by atoms with E-state index in [0.29, 0.717) is 5.92 Å². The van der Waals surface area contributed by atoms with E-state index < -0.39 is 14.8 Å². The van der Waals surface area contributed by atoms with Crippen molar-refractivity contribution < 1.29 is 8.42 Å². The van der Waals surface area contributed by atoms with Gasteiger partial charge in [0.05, 0.1) is 15.0 Å². The average Bonchev–Trinajstić information content (AvgIpc) is 2.96. The number of anilines is 1. The third-order valence-electron chi connectivity index (χ3n) is 4.81. The van der Waals surface area contributed by atoms with E-state index in [9.17, 15) is 8.42 Å². The highest BCUT2D eigenvalue weighted by Gasteiger charge is 2.32. The summed E-state index contributed by atoms with van der Waals surface area (Å²) in [6.45, 7) is 6.12. The van der Waals surface area contributed by atoms with Gasteiger partial charge in [0.25, 0.3) is 0 Å². The molecule has 0 bridgehead atoms. The van der Waals surface area contributed by atoms with Gasteiger partial charge in [-0.2, -0.15) is 0 Å². The summed E-state index contributed by atoms with van der Waals surface area (Å²) >= 11 is 1.68. The van der Waals surface area contributed by atoms with Gasteiger partial charge in [0.1, 0.15) is 0 Å². The van der Waals surface area contributed by atoms with Crippen molar-refractivity contribution in [3.63, 3.8) is 0 Å². The summed E-state index contributed by atoms with van der Waals surface area (Å²) in [6, 6.07) is 8.23. The van der Waals surface area contributed by atoms with E-state index in [-0.39, 0.29) is 6.04 Å². The lowest BCUT2D eigenvalue weighted by Gasteiger charge is -2.31. The average molecular weight is 382 g/mol. The number of rotatable bonds is 5. The first-order valence-corrected chi connectivity index (χ1v) is 11.2. The first-order chi connectivity index (χ1) is 11.7. The molecule has 0 atom stereocenters. The fraction of sp³-hybridized carbons (Fsp3) is 0.611. The van der Waals surface area contributed by atoms with Crippen LogP contribution in [-0.4, -0.2) is 30.7 Å². The minimum atomic E-state index is -3.26. The largest absolute Gasteiger partial charge is 0.361 e. The van der Waals surface area contributed by atoms with Crippen LogP contribution in [0.4, 0.5) is 5.13 Å². The van der Waals surface area contributed by atoms with Gasteiger partial charge >= 0.3 is 0 Å². The summed E-state index contributed by atoms with van der Waals surface area (Å²) in [7, 11) is -3.26. The minimum Gasteiger partial charge on any atom is -0.361 e. The Balaban J connectivity index is 1.48. The number of para-hydroxylation sites is 1. The smallest absolute Gasteiger partial charge is 0.216 e. The summed E-state index contributed by atoms with van der Waals surface area (Å²) < 4.78 is 27.9. The minimum absolute atomic E-state index is 0.0722. The van der Waals surface area contributed by atoms with Gasteiger partial charge in [0.15, 0.2) is 5.13 Å². The number of thiazole rings is 1. The maximum atomic E-state index is 12.3. The molecule has 0 amide bonds. The van der Waals surface area contributed by atoms with Crippen molar-refractivity contribution in [1.29, 1.82) is 0 Å². The molecular formula is C18H27N3O2S2. The predicted molar refractivity (Wildman–Crippen MR) is 106 cm³/mol. The number of fused-ring (bicyclic) bond motifs is 1. The van der Waals surface area contributed by atoms with Crippen LogP contribution in [0.15, 0.2) is 24.3 Å². The van der Waals surface area contributed by atoms with E-state index in [1.165, 1.54) is 4.70 Å². The lowest BCUT2D eigenvalue weighted by molar-refractivity contribution is 0.322. The van der Waals surface area contributed by atoms with Gasteiger partial charge in [0, 0.05) is 12.6 Å². The number of nitrogens with zero attached hydrogens (tertiary/aromatic N) is 1. The molecule has 25 heavy (non-hydrogen) atoms. The van der Waals surface area contributed by atoms with Crippen LogP contribution in [0.5, 0.6) is 0 Å². The zero-order chi connectivity index (χ0) is 18.1. The van der Waals surface area contributed by atoms with Crippen LogP contribution in [0.25, 0.3) is 10.2 Å². The molecule has 1 aromatic heterocycles. The van der Waals surface area contributed by atoms with Crippen LogP contribution in [0.3, 0.4) is 0 Å². The van der Waals surface area contributed by atoms with Crippen molar-refractivity contribution in [3.8, 4) is 0 Å². The highest BCUT2D eigenvalue weighted by atomic mass is 32.2. The molecule has 0 aliphatic heterocycles. The van der Waals surface area contributed by atoms with Crippen molar-refractivity contribution in [2.24, 2.45) is 5.92 Å². The van der Waals surface area contributed by atoms with Crippen LogP contribution in [0.2, 0.25) is 0 Å². The molecular weight excluding hydrogens is 354 g/mol. The van der Waals surface area contributed by atoms with Gasteiger partial charge in [-0.3, -0.25) is 0 Å². The number of sulfonamides is 1. The third kappa shape index (κ3) is 4.51. The van der Waals surface area contributed by atoms with Gasteiger partial charge < -0.3 is 5.32 Å². The molecule has 1 aliphatic rings.